The largest absolute Gasteiger partial charge is 0.0654 e. The van der Waals surface area contributed by atoms with Crippen molar-refractivity contribution in [3.8, 4) is 0 Å². The molecule has 0 fully saturated rings. The second-order valence-corrected chi connectivity index (χ2v) is 3.41. The summed E-state index contributed by atoms with van der Waals surface area (Å²) in [5.74, 6) is 1.02. The predicted octanol–water partition coefficient (Wildman–Crippen LogP) is 2.25. The van der Waals surface area contributed by atoms with E-state index in [1.54, 1.807) is 0 Å². The highest BCUT2D eigenvalue weighted by atomic mass is 28.1. The zero-order valence-corrected chi connectivity index (χ0v) is 8.23. The van der Waals surface area contributed by atoms with E-state index in [2.05, 4.69) is 24.1 Å². The highest BCUT2D eigenvalue weighted by Gasteiger charge is 2.01. The third kappa shape index (κ3) is 4.70. The second kappa shape index (κ2) is 6.34. The highest BCUT2D eigenvalue weighted by Crippen LogP contribution is 2.15. The quantitative estimate of drug-likeness (QED) is 0.518. The van der Waals surface area contributed by atoms with Gasteiger partial charge in [0, 0.05) is 10.2 Å². The Balaban J connectivity index is 3.18. The normalized spacial score (nSPS) is 13.7. The maximum atomic E-state index is 2.30. The Hall–Kier alpha value is 0.217. The summed E-state index contributed by atoms with van der Waals surface area (Å²) < 4.78 is 0. The van der Waals surface area contributed by atoms with Crippen LogP contribution in [0.1, 0.15) is 39.5 Å². The summed E-state index contributed by atoms with van der Waals surface area (Å²) >= 11 is 0. The SMILES string of the molecule is CCCC(CC)CC[SiH2]. The van der Waals surface area contributed by atoms with Crippen molar-refractivity contribution in [2.75, 3.05) is 0 Å². The van der Waals surface area contributed by atoms with Crippen LogP contribution in [-0.4, -0.2) is 10.2 Å². The van der Waals surface area contributed by atoms with Crippen molar-refractivity contribution < 1.29 is 0 Å². The van der Waals surface area contributed by atoms with Crippen LogP contribution >= 0.6 is 0 Å². The lowest BCUT2D eigenvalue weighted by atomic mass is 9.98. The first-order valence-electron chi connectivity index (χ1n) is 4.14. The van der Waals surface area contributed by atoms with E-state index < -0.39 is 0 Å². The molecule has 0 rings (SSSR count). The first kappa shape index (κ1) is 9.22. The molecule has 0 saturated carbocycles. The molecule has 0 aromatic carbocycles. The van der Waals surface area contributed by atoms with Gasteiger partial charge >= 0.3 is 0 Å². The van der Waals surface area contributed by atoms with Crippen molar-refractivity contribution >= 4 is 10.2 Å². The van der Waals surface area contributed by atoms with Gasteiger partial charge in [0.15, 0.2) is 0 Å². The average Bonchev–Trinajstić information content (AvgIpc) is 1.88. The maximum Gasteiger partial charge on any atom is 0.00798 e. The fraction of sp³-hybridized carbons (Fsp3) is 1.00. The van der Waals surface area contributed by atoms with E-state index in [0.717, 1.165) is 5.92 Å². The molecular weight excluding hydrogens is 124 g/mol. The molecule has 0 aliphatic rings. The molecule has 1 heteroatoms. The zero-order chi connectivity index (χ0) is 7.11. The summed E-state index contributed by atoms with van der Waals surface area (Å²) in [6.45, 7) is 4.58. The molecule has 0 aliphatic carbocycles. The Bertz CT molecular complexity index is 46.5. The fourth-order valence-corrected chi connectivity index (χ4v) is 1.83. The van der Waals surface area contributed by atoms with Crippen molar-refractivity contribution in [1.29, 1.82) is 0 Å². The van der Waals surface area contributed by atoms with Crippen molar-refractivity contribution in [3.63, 3.8) is 0 Å². The topological polar surface area (TPSA) is 0 Å². The Kier molecular flexibility index (Phi) is 6.49. The van der Waals surface area contributed by atoms with Gasteiger partial charge in [-0.3, -0.25) is 0 Å². The van der Waals surface area contributed by atoms with Crippen LogP contribution in [0.3, 0.4) is 0 Å². The van der Waals surface area contributed by atoms with Crippen molar-refractivity contribution in [1.82, 2.24) is 0 Å². The molecule has 0 spiro atoms. The first-order chi connectivity index (χ1) is 4.35. The van der Waals surface area contributed by atoms with Crippen molar-refractivity contribution in [2.24, 2.45) is 5.92 Å². The summed E-state index contributed by atoms with van der Waals surface area (Å²) in [6, 6.07) is 1.39. The van der Waals surface area contributed by atoms with E-state index in [4.69, 9.17) is 0 Å². The molecule has 0 aromatic rings. The standard InChI is InChI=1S/C8H19Si/c1-3-5-8(4-2)6-7-9/h8H,3-7,9H2,1-2H3. The molecule has 1 radical (unpaired) electrons. The van der Waals surface area contributed by atoms with E-state index in [1.165, 1.54) is 31.7 Å². The van der Waals surface area contributed by atoms with Crippen LogP contribution in [0, 0.1) is 5.92 Å². The molecule has 1 unspecified atom stereocenters. The molecule has 9 heavy (non-hydrogen) atoms. The molecule has 0 bridgehead atoms. The molecule has 0 aliphatic heterocycles. The van der Waals surface area contributed by atoms with Crippen molar-refractivity contribution in [3.05, 3.63) is 0 Å². The molecule has 0 N–H and O–H groups in total. The average molecular weight is 143 g/mol. The third-order valence-corrected chi connectivity index (χ3v) is 2.29. The van der Waals surface area contributed by atoms with Gasteiger partial charge in [-0.2, -0.15) is 0 Å². The first-order valence-corrected chi connectivity index (χ1v) is 5.14. The smallest absolute Gasteiger partial charge is 0.00798 e. The van der Waals surface area contributed by atoms with Crippen LogP contribution in [-0.2, 0) is 0 Å². The van der Waals surface area contributed by atoms with Gasteiger partial charge in [-0.1, -0.05) is 45.6 Å². The second-order valence-electron chi connectivity index (χ2n) is 2.71. The Morgan fingerprint density at radius 2 is 1.89 bits per heavy atom. The van der Waals surface area contributed by atoms with Gasteiger partial charge in [-0.15, -0.1) is 0 Å². The third-order valence-electron chi connectivity index (χ3n) is 1.89. The summed E-state index contributed by atoms with van der Waals surface area (Å²) in [5, 5.41) is 0. The Morgan fingerprint density at radius 3 is 2.22 bits per heavy atom. The van der Waals surface area contributed by atoms with E-state index in [1.807, 2.05) is 0 Å². The predicted molar refractivity (Wildman–Crippen MR) is 46.7 cm³/mol. The van der Waals surface area contributed by atoms with Gasteiger partial charge < -0.3 is 0 Å². The van der Waals surface area contributed by atoms with Gasteiger partial charge in [0.1, 0.15) is 0 Å². The minimum Gasteiger partial charge on any atom is -0.0654 e. The van der Waals surface area contributed by atoms with Gasteiger partial charge in [-0.25, -0.2) is 0 Å². The lowest BCUT2D eigenvalue weighted by molar-refractivity contribution is 0.451. The molecule has 1 atom stereocenters. The summed E-state index contributed by atoms with van der Waals surface area (Å²) in [4.78, 5) is 0. The van der Waals surface area contributed by atoms with Gasteiger partial charge in [0.25, 0.3) is 0 Å². The van der Waals surface area contributed by atoms with Crippen LogP contribution in [0.25, 0.3) is 0 Å². The molecule has 55 valence electrons. The maximum absolute atomic E-state index is 2.30. The molecule has 0 amide bonds. The lowest BCUT2D eigenvalue weighted by Crippen LogP contribution is -1.96. The van der Waals surface area contributed by atoms with Crippen LogP contribution < -0.4 is 0 Å². The fourth-order valence-electron chi connectivity index (χ4n) is 1.25. The van der Waals surface area contributed by atoms with Crippen LogP contribution in [0.2, 0.25) is 6.04 Å². The number of hydrogen-bond acceptors (Lipinski definition) is 0. The Morgan fingerprint density at radius 1 is 1.22 bits per heavy atom. The monoisotopic (exact) mass is 143 g/mol. The van der Waals surface area contributed by atoms with Crippen LogP contribution in [0.5, 0.6) is 0 Å². The van der Waals surface area contributed by atoms with Crippen molar-refractivity contribution in [2.45, 2.75) is 45.6 Å². The van der Waals surface area contributed by atoms with Gasteiger partial charge in [0.2, 0.25) is 0 Å². The zero-order valence-electron chi connectivity index (χ0n) is 6.82. The molecule has 0 saturated heterocycles. The summed E-state index contributed by atoms with van der Waals surface area (Å²) in [7, 11) is 2.10. The van der Waals surface area contributed by atoms with Gasteiger partial charge in [-0.05, 0) is 5.92 Å². The molecule has 0 aromatic heterocycles. The van der Waals surface area contributed by atoms with E-state index in [-0.39, 0.29) is 0 Å². The molecule has 0 heterocycles. The van der Waals surface area contributed by atoms with E-state index >= 15 is 0 Å². The molecular formula is C8H19Si. The molecule has 0 nitrogen and oxygen atoms in total. The van der Waals surface area contributed by atoms with Gasteiger partial charge in [0.05, 0.1) is 0 Å². The van der Waals surface area contributed by atoms with Crippen LogP contribution in [0.15, 0.2) is 0 Å². The summed E-state index contributed by atoms with van der Waals surface area (Å²) in [6.07, 6.45) is 5.63. The minimum atomic E-state index is 1.02. The number of hydrogen-bond donors (Lipinski definition) is 0. The minimum absolute atomic E-state index is 1.02. The van der Waals surface area contributed by atoms with Crippen LogP contribution in [0.4, 0.5) is 0 Å². The lowest BCUT2D eigenvalue weighted by Gasteiger charge is -2.10. The highest BCUT2D eigenvalue weighted by molar-refractivity contribution is 6.08. The summed E-state index contributed by atoms with van der Waals surface area (Å²) in [5.41, 5.74) is 0. The number of rotatable bonds is 5. The van der Waals surface area contributed by atoms with E-state index in [0.29, 0.717) is 0 Å². The van der Waals surface area contributed by atoms with E-state index in [9.17, 15) is 0 Å². The Labute approximate surface area is 62.5 Å².